The van der Waals surface area contributed by atoms with Crippen LogP contribution in [0.3, 0.4) is 0 Å². The topological polar surface area (TPSA) is 41.1 Å². The molecule has 1 rings (SSSR count). The molecule has 0 saturated carbocycles. The van der Waals surface area contributed by atoms with Gasteiger partial charge in [-0.2, -0.15) is 0 Å². The van der Waals surface area contributed by atoms with Crippen LogP contribution in [0.1, 0.15) is 32.3 Å². The minimum Gasteiger partial charge on any atom is -0.354 e. The van der Waals surface area contributed by atoms with Gasteiger partial charge in [0.05, 0.1) is 0 Å². The summed E-state index contributed by atoms with van der Waals surface area (Å²) >= 11 is 3.30. The smallest absolute Gasteiger partial charge is 0.221 e. The summed E-state index contributed by atoms with van der Waals surface area (Å²) in [7, 11) is 0. The van der Waals surface area contributed by atoms with E-state index in [0.29, 0.717) is 25.1 Å². The molecule has 0 saturated heterocycles. The van der Waals surface area contributed by atoms with Gasteiger partial charge in [-0.15, -0.1) is 0 Å². The molecule has 0 aromatic heterocycles. The Morgan fingerprint density at radius 3 is 2.89 bits per heavy atom. The van der Waals surface area contributed by atoms with Crippen LogP contribution in [0.5, 0.6) is 0 Å². The Labute approximate surface area is 122 Å². The van der Waals surface area contributed by atoms with Crippen LogP contribution in [0, 0.1) is 5.82 Å². The van der Waals surface area contributed by atoms with Crippen LogP contribution in [-0.4, -0.2) is 18.5 Å². The van der Waals surface area contributed by atoms with E-state index in [1.807, 2.05) is 13.8 Å². The van der Waals surface area contributed by atoms with E-state index in [1.54, 1.807) is 12.1 Å². The maximum atomic E-state index is 13.4. The van der Waals surface area contributed by atoms with Crippen LogP contribution < -0.4 is 10.6 Å². The van der Waals surface area contributed by atoms with Crippen molar-refractivity contribution in [1.29, 1.82) is 0 Å². The molecule has 1 amide bonds. The highest BCUT2D eigenvalue weighted by atomic mass is 79.9. The molecule has 0 heterocycles. The summed E-state index contributed by atoms with van der Waals surface area (Å²) in [4.78, 5) is 11.5. The summed E-state index contributed by atoms with van der Waals surface area (Å²) in [5.41, 5.74) is 0.594. The Morgan fingerprint density at radius 2 is 2.21 bits per heavy atom. The average molecular weight is 331 g/mol. The first-order valence-corrected chi connectivity index (χ1v) is 7.26. The van der Waals surface area contributed by atoms with Crippen LogP contribution in [0.2, 0.25) is 0 Å². The van der Waals surface area contributed by atoms with Crippen LogP contribution in [0.4, 0.5) is 4.39 Å². The molecule has 106 valence electrons. The van der Waals surface area contributed by atoms with E-state index < -0.39 is 0 Å². The molecule has 0 fully saturated rings. The molecule has 2 N–H and O–H groups in total. The number of hydrogen-bond acceptors (Lipinski definition) is 2. The number of hydrogen-bond donors (Lipinski definition) is 2. The Balaban J connectivity index is 2.27. The second kappa shape index (κ2) is 8.27. The third-order valence-electron chi connectivity index (χ3n) is 2.87. The maximum Gasteiger partial charge on any atom is 0.221 e. The molecule has 0 radical (unpaired) electrons. The van der Waals surface area contributed by atoms with E-state index in [-0.39, 0.29) is 17.8 Å². The molecule has 0 aliphatic heterocycles. The summed E-state index contributed by atoms with van der Waals surface area (Å²) in [6, 6.07) is 5.03. The molecule has 3 nitrogen and oxygen atoms in total. The van der Waals surface area contributed by atoms with Crippen molar-refractivity contribution >= 4 is 21.8 Å². The Kier molecular flexibility index (Phi) is 7.02. The molecule has 0 bridgehead atoms. The quantitative estimate of drug-likeness (QED) is 0.754. The highest BCUT2D eigenvalue weighted by molar-refractivity contribution is 9.10. The average Bonchev–Trinajstić information content (AvgIpc) is 2.38. The second-order valence-electron chi connectivity index (χ2n) is 4.54. The fourth-order valence-electron chi connectivity index (χ4n) is 1.55. The third-order valence-corrected chi connectivity index (χ3v) is 3.37. The standard InChI is InChI=1S/C14H20BrFN2O/c1-3-10(2)18-14(19)6-7-17-9-11-8-12(15)4-5-13(11)16/h4-5,8,10,17H,3,6-7,9H2,1-2H3,(H,18,19). The molecule has 0 aliphatic carbocycles. The van der Waals surface area contributed by atoms with Crippen LogP contribution >= 0.6 is 15.9 Å². The van der Waals surface area contributed by atoms with Crippen molar-refractivity contribution in [3.63, 3.8) is 0 Å². The molecule has 5 heteroatoms. The van der Waals surface area contributed by atoms with Gasteiger partial charge in [0, 0.05) is 35.6 Å². The summed E-state index contributed by atoms with van der Waals surface area (Å²) < 4.78 is 14.3. The van der Waals surface area contributed by atoms with Gasteiger partial charge in [-0.3, -0.25) is 4.79 Å². The number of nitrogens with one attached hydrogen (secondary N) is 2. The van der Waals surface area contributed by atoms with Crippen LogP contribution in [-0.2, 0) is 11.3 Å². The molecule has 0 spiro atoms. The van der Waals surface area contributed by atoms with Gasteiger partial charge < -0.3 is 10.6 Å². The monoisotopic (exact) mass is 330 g/mol. The van der Waals surface area contributed by atoms with Gasteiger partial charge in [0.15, 0.2) is 0 Å². The first-order chi connectivity index (χ1) is 9.02. The minimum absolute atomic E-state index is 0.0246. The van der Waals surface area contributed by atoms with Gasteiger partial charge in [-0.1, -0.05) is 22.9 Å². The molecule has 1 aromatic rings. The lowest BCUT2D eigenvalue weighted by Gasteiger charge is -2.11. The van der Waals surface area contributed by atoms with Crippen LogP contribution in [0.15, 0.2) is 22.7 Å². The van der Waals surface area contributed by atoms with E-state index in [2.05, 4.69) is 26.6 Å². The largest absolute Gasteiger partial charge is 0.354 e. The van der Waals surface area contributed by atoms with Crippen molar-refractivity contribution in [3.8, 4) is 0 Å². The van der Waals surface area contributed by atoms with Crippen molar-refractivity contribution in [1.82, 2.24) is 10.6 Å². The predicted octanol–water partition coefficient (Wildman–Crippen LogP) is 2.98. The van der Waals surface area contributed by atoms with Gasteiger partial charge in [0.1, 0.15) is 5.82 Å². The molecule has 0 aliphatic rings. The summed E-state index contributed by atoms with van der Waals surface area (Å²) in [5, 5.41) is 5.96. The fraction of sp³-hybridized carbons (Fsp3) is 0.500. The number of amides is 1. The van der Waals surface area contributed by atoms with E-state index in [4.69, 9.17) is 0 Å². The van der Waals surface area contributed by atoms with Gasteiger partial charge in [-0.25, -0.2) is 4.39 Å². The summed E-state index contributed by atoms with van der Waals surface area (Å²) in [6.45, 7) is 4.96. The number of rotatable bonds is 7. The van der Waals surface area contributed by atoms with Gasteiger partial charge in [0.25, 0.3) is 0 Å². The van der Waals surface area contributed by atoms with Gasteiger partial charge in [0.2, 0.25) is 5.91 Å². The fourth-order valence-corrected chi connectivity index (χ4v) is 1.96. The summed E-state index contributed by atoms with van der Waals surface area (Å²) in [5.74, 6) is -0.212. The second-order valence-corrected chi connectivity index (χ2v) is 5.45. The van der Waals surface area contributed by atoms with E-state index in [0.717, 1.165) is 10.9 Å². The van der Waals surface area contributed by atoms with Gasteiger partial charge in [-0.05, 0) is 31.5 Å². The zero-order valence-corrected chi connectivity index (χ0v) is 12.9. The lowest BCUT2D eigenvalue weighted by atomic mass is 10.2. The Morgan fingerprint density at radius 1 is 1.47 bits per heavy atom. The normalized spacial score (nSPS) is 12.2. The Hall–Kier alpha value is -0.940. The molecular weight excluding hydrogens is 311 g/mol. The van der Waals surface area contributed by atoms with Crippen molar-refractivity contribution in [3.05, 3.63) is 34.1 Å². The summed E-state index contributed by atoms with van der Waals surface area (Å²) in [6.07, 6.45) is 1.32. The number of benzene rings is 1. The lowest BCUT2D eigenvalue weighted by molar-refractivity contribution is -0.121. The Bertz CT molecular complexity index is 426. The van der Waals surface area contributed by atoms with Crippen molar-refractivity contribution in [2.75, 3.05) is 6.54 Å². The zero-order valence-electron chi connectivity index (χ0n) is 11.3. The highest BCUT2D eigenvalue weighted by Gasteiger charge is 2.06. The van der Waals surface area contributed by atoms with Crippen LogP contribution in [0.25, 0.3) is 0 Å². The first-order valence-electron chi connectivity index (χ1n) is 6.47. The minimum atomic E-state index is -0.236. The van der Waals surface area contributed by atoms with Gasteiger partial charge >= 0.3 is 0 Å². The van der Waals surface area contributed by atoms with Crippen molar-refractivity contribution in [2.45, 2.75) is 39.3 Å². The number of carbonyl (C=O) groups is 1. The molecule has 1 unspecified atom stereocenters. The van der Waals surface area contributed by atoms with E-state index in [1.165, 1.54) is 6.07 Å². The van der Waals surface area contributed by atoms with Crippen molar-refractivity contribution < 1.29 is 9.18 Å². The van der Waals surface area contributed by atoms with E-state index in [9.17, 15) is 9.18 Å². The highest BCUT2D eigenvalue weighted by Crippen LogP contribution is 2.15. The van der Waals surface area contributed by atoms with Crippen molar-refractivity contribution in [2.24, 2.45) is 0 Å². The maximum absolute atomic E-state index is 13.4. The van der Waals surface area contributed by atoms with E-state index >= 15 is 0 Å². The first kappa shape index (κ1) is 16.1. The number of carbonyl (C=O) groups excluding carboxylic acids is 1. The third kappa shape index (κ3) is 6.16. The molecule has 19 heavy (non-hydrogen) atoms. The zero-order chi connectivity index (χ0) is 14.3. The molecular formula is C14H20BrFN2O. The molecule has 1 atom stereocenters. The predicted molar refractivity (Wildman–Crippen MR) is 78.3 cm³/mol. The lowest BCUT2D eigenvalue weighted by Crippen LogP contribution is -2.33. The number of halogens is 2. The SMILES string of the molecule is CCC(C)NC(=O)CCNCc1cc(Br)ccc1F. The molecule has 1 aromatic carbocycles.